The number of nitrogens with one attached hydrogen (secondary N) is 1. The van der Waals surface area contributed by atoms with Gasteiger partial charge in [-0.15, -0.1) is 0 Å². The topological polar surface area (TPSA) is 81.0 Å². The fourth-order valence-corrected chi connectivity index (χ4v) is 1.19. The molecule has 0 aromatic rings. The average Bonchev–Trinajstić information content (AvgIpc) is 1.96. The number of nitrogens with zero attached hydrogens (tertiary/aromatic N) is 3. The summed E-state index contributed by atoms with van der Waals surface area (Å²) < 4.78 is 0. The third kappa shape index (κ3) is 1.63. The molecule has 11 heavy (non-hydrogen) atoms. The van der Waals surface area contributed by atoms with Crippen LogP contribution in [0.15, 0.2) is 5.11 Å². The first kappa shape index (κ1) is 8.33. The number of hydrogen-bond acceptors (Lipinski definition) is 3. The summed E-state index contributed by atoms with van der Waals surface area (Å²) in [6.45, 7) is 3.08. The summed E-state index contributed by atoms with van der Waals surface area (Å²) in [6.07, 6.45) is 0.130. The van der Waals surface area contributed by atoms with Gasteiger partial charge in [-0.2, -0.15) is 0 Å². The SMILES string of the molecule is C[C@@]1(N=[N+]=[N-])CCNC[C@H]1O. The van der Waals surface area contributed by atoms with Crippen molar-refractivity contribution >= 4 is 0 Å². The lowest BCUT2D eigenvalue weighted by Crippen LogP contribution is -2.50. The lowest BCUT2D eigenvalue weighted by molar-refractivity contribution is 0.0691. The molecule has 2 N–H and O–H groups in total. The van der Waals surface area contributed by atoms with Crippen molar-refractivity contribution in [2.45, 2.75) is 25.0 Å². The van der Waals surface area contributed by atoms with Crippen molar-refractivity contribution in [3.8, 4) is 0 Å². The molecule has 0 bridgehead atoms. The van der Waals surface area contributed by atoms with Gasteiger partial charge in [-0.25, -0.2) is 0 Å². The van der Waals surface area contributed by atoms with Crippen LogP contribution in [-0.2, 0) is 0 Å². The first-order valence-electron chi connectivity index (χ1n) is 3.64. The Morgan fingerprint density at radius 1 is 1.82 bits per heavy atom. The number of aliphatic hydroxyl groups excluding tert-OH is 1. The van der Waals surface area contributed by atoms with Crippen LogP contribution < -0.4 is 5.32 Å². The van der Waals surface area contributed by atoms with E-state index in [9.17, 15) is 5.11 Å². The first-order valence-corrected chi connectivity index (χ1v) is 3.64. The highest BCUT2D eigenvalue weighted by molar-refractivity contribution is 4.95. The Balaban J connectivity index is 2.72. The minimum absolute atomic E-state index is 0.509. The van der Waals surface area contributed by atoms with E-state index in [2.05, 4.69) is 15.3 Å². The Morgan fingerprint density at radius 3 is 3.09 bits per heavy atom. The predicted octanol–water partition coefficient (Wildman–Crippen LogP) is 0.410. The molecule has 1 aliphatic heterocycles. The molecule has 0 amide bonds. The Hall–Kier alpha value is -0.770. The largest absolute Gasteiger partial charge is 0.391 e. The third-order valence-corrected chi connectivity index (χ3v) is 2.14. The zero-order valence-electron chi connectivity index (χ0n) is 6.49. The van der Waals surface area contributed by atoms with Crippen LogP contribution in [-0.4, -0.2) is 29.8 Å². The molecule has 1 rings (SSSR count). The van der Waals surface area contributed by atoms with E-state index in [0.29, 0.717) is 13.0 Å². The second-order valence-electron chi connectivity index (χ2n) is 3.02. The molecule has 0 spiro atoms. The zero-order chi connectivity index (χ0) is 8.32. The van der Waals surface area contributed by atoms with Crippen LogP contribution in [0.3, 0.4) is 0 Å². The number of β-amino-alcohol motifs (C(OH)–C–C–N with tert-alkyl or cyclic N) is 1. The summed E-state index contributed by atoms with van der Waals surface area (Å²) in [7, 11) is 0. The summed E-state index contributed by atoms with van der Waals surface area (Å²) in [6, 6.07) is 0. The Kier molecular flexibility index (Phi) is 2.34. The molecule has 0 aromatic carbocycles. The first-order chi connectivity index (χ1) is 5.19. The van der Waals surface area contributed by atoms with Crippen molar-refractivity contribution in [2.75, 3.05) is 13.1 Å². The summed E-state index contributed by atoms with van der Waals surface area (Å²) in [4.78, 5) is 2.72. The van der Waals surface area contributed by atoms with Gasteiger partial charge in [-0.05, 0) is 18.5 Å². The quantitative estimate of drug-likeness (QED) is 0.327. The van der Waals surface area contributed by atoms with Gasteiger partial charge >= 0.3 is 0 Å². The molecule has 0 radical (unpaired) electrons. The number of rotatable bonds is 1. The van der Waals surface area contributed by atoms with Gasteiger partial charge in [0.05, 0.1) is 11.6 Å². The van der Waals surface area contributed by atoms with Crippen LogP contribution in [0.2, 0.25) is 0 Å². The molecule has 1 aliphatic rings. The molecule has 0 aromatic heterocycles. The van der Waals surface area contributed by atoms with Crippen molar-refractivity contribution < 1.29 is 5.11 Å². The number of hydrogen-bond donors (Lipinski definition) is 2. The van der Waals surface area contributed by atoms with E-state index in [1.165, 1.54) is 0 Å². The minimum Gasteiger partial charge on any atom is -0.391 e. The minimum atomic E-state index is -0.611. The normalized spacial score (nSPS) is 37.8. The number of aliphatic hydroxyl groups is 1. The maximum Gasteiger partial charge on any atom is 0.0775 e. The van der Waals surface area contributed by atoms with Gasteiger partial charge in [0.25, 0.3) is 0 Å². The van der Waals surface area contributed by atoms with Crippen molar-refractivity contribution in [3.05, 3.63) is 10.4 Å². The van der Waals surface area contributed by atoms with Crippen LogP contribution in [0.5, 0.6) is 0 Å². The molecule has 62 valence electrons. The van der Waals surface area contributed by atoms with Crippen LogP contribution in [0, 0.1) is 0 Å². The fourth-order valence-electron chi connectivity index (χ4n) is 1.19. The molecule has 0 saturated carbocycles. The maximum atomic E-state index is 9.43. The molecule has 0 unspecified atom stereocenters. The second kappa shape index (κ2) is 3.09. The van der Waals surface area contributed by atoms with E-state index in [0.717, 1.165) is 6.54 Å². The van der Waals surface area contributed by atoms with E-state index < -0.39 is 11.6 Å². The average molecular weight is 156 g/mol. The van der Waals surface area contributed by atoms with Gasteiger partial charge in [0.15, 0.2) is 0 Å². The molecule has 2 atom stereocenters. The van der Waals surface area contributed by atoms with Crippen LogP contribution in [0.4, 0.5) is 0 Å². The van der Waals surface area contributed by atoms with Crippen LogP contribution >= 0.6 is 0 Å². The standard InChI is InChI=1S/C6H12N4O/c1-6(9-10-7)2-3-8-4-5(6)11/h5,8,11H,2-4H2,1H3/t5-,6-/m1/s1. The lowest BCUT2D eigenvalue weighted by atomic mass is 9.89. The van der Waals surface area contributed by atoms with Gasteiger partial charge in [-0.3, -0.25) is 0 Å². The summed E-state index contributed by atoms with van der Waals surface area (Å²) in [5.41, 5.74) is 7.62. The van der Waals surface area contributed by atoms with Crippen LogP contribution in [0.25, 0.3) is 10.4 Å². The third-order valence-electron chi connectivity index (χ3n) is 2.14. The van der Waals surface area contributed by atoms with Crippen LogP contribution in [0.1, 0.15) is 13.3 Å². The molecule has 0 aliphatic carbocycles. The maximum absolute atomic E-state index is 9.43. The Morgan fingerprint density at radius 2 is 2.55 bits per heavy atom. The van der Waals surface area contributed by atoms with Gasteiger partial charge in [0.1, 0.15) is 0 Å². The zero-order valence-corrected chi connectivity index (χ0v) is 6.49. The summed E-state index contributed by atoms with van der Waals surface area (Å²) >= 11 is 0. The molecule has 1 saturated heterocycles. The number of piperidine rings is 1. The molecule has 5 nitrogen and oxygen atoms in total. The highest BCUT2D eigenvalue weighted by Gasteiger charge is 2.34. The monoisotopic (exact) mass is 156 g/mol. The van der Waals surface area contributed by atoms with Gasteiger partial charge in [0.2, 0.25) is 0 Å². The van der Waals surface area contributed by atoms with Gasteiger partial charge in [-0.1, -0.05) is 12.0 Å². The second-order valence-corrected chi connectivity index (χ2v) is 3.02. The molecule has 1 fully saturated rings. The van der Waals surface area contributed by atoms with E-state index >= 15 is 0 Å². The molecular formula is C6H12N4O. The summed E-state index contributed by atoms with van der Waals surface area (Å²) in [5, 5.41) is 16.0. The van der Waals surface area contributed by atoms with Crippen molar-refractivity contribution in [3.63, 3.8) is 0 Å². The van der Waals surface area contributed by atoms with Crippen molar-refractivity contribution in [2.24, 2.45) is 5.11 Å². The Labute approximate surface area is 65.0 Å². The predicted molar refractivity (Wildman–Crippen MR) is 41.0 cm³/mol. The molecular weight excluding hydrogens is 144 g/mol. The smallest absolute Gasteiger partial charge is 0.0775 e. The highest BCUT2D eigenvalue weighted by atomic mass is 16.3. The van der Waals surface area contributed by atoms with E-state index in [1.807, 2.05) is 0 Å². The lowest BCUT2D eigenvalue weighted by Gasteiger charge is -2.34. The molecule has 1 heterocycles. The van der Waals surface area contributed by atoms with E-state index in [-0.39, 0.29) is 0 Å². The summed E-state index contributed by atoms with van der Waals surface area (Å²) in [5.74, 6) is 0. The van der Waals surface area contributed by atoms with Crippen molar-refractivity contribution in [1.29, 1.82) is 0 Å². The fraction of sp³-hybridized carbons (Fsp3) is 1.00. The molecule has 5 heteroatoms. The van der Waals surface area contributed by atoms with Crippen molar-refractivity contribution in [1.82, 2.24) is 5.32 Å². The van der Waals surface area contributed by atoms with E-state index in [4.69, 9.17) is 5.53 Å². The van der Waals surface area contributed by atoms with Gasteiger partial charge < -0.3 is 10.4 Å². The van der Waals surface area contributed by atoms with E-state index in [1.54, 1.807) is 6.92 Å². The Bertz CT molecular complexity index is 189. The van der Waals surface area contributed by atoms with Gasteiger partial charge in [0, 0.05) is 11.5 Å². The highest BCUT2D eigenvalue weighted by Crippen LogP contribution is 2.22. The number of azide groups is 1.